The standard InChI is InChI=1S/C19H38N2/c1-14-15(2)19(6,12-11-17(14,3)4)21-13-18(5)9-7-16(20)8-10-18/h14-16,21H,7-13,20H2,1-6H3/t14?,15-,16?,18?,19+/m0/s1. The average Bonchev–Trinajstić information content (AvgIpc) is 2.44. The molecule has 0 aromatic rings. The molecule has 0 saturated heterocycles. The van der Waals surface area contributed by atoms with Crippen LogP contribution in [0.5, 0.6) is 0 Å². The molecule has 124 valence electrons. The van der Waals surface area contributed by atoms with E-state index in [1.807, 2.05) is 0 Å². The molecule has 21 heavy (non-hydrogen) atoms. The summed E-state index contributed by atoms with van der Waals surface area (Å²) in [4.78, 5) is 0. The number of nitrogens with one attached hydrogen (secondary N) is 1. The Kier molecular flexibility index (Phi) is 4.81. The third-order valence-corrected chi connectivity index (χ3v) is 7.43. The van der Waals surface area contributed by atoms with Gasteiger partial charge in [0.05, 0.1) is 0 Å². The summed E-state index contributed by atoms with van der Waals surface area (Å²) in [5.74, 6) is 1.51. The average molecular weight is 295 g/mol. The van der Waals surface area contributed by atoms with Gasteiger partial charge in [-0.15, -0.1) is 0 Å². The molecule has 2 saturated carbocycles. The van der Waals surface area contributed by atoms with E-state index in [0.717, 1.165) is 18.4 Å². The van der Waals surface area contributed by atoms with Crippen LogP contribution >= 0.6 is 0 Å². The maximum Gasteiger partial charge on any atom is 0.0182 e. The Morgan fingerprint density at radius 1 is 0.905 bits per heavy atom. The van der Waals surface area contributed by atoms with Crippen LogP contribution in [0.2, 0.25) is 0 Å². The Hall–Kier alpha value is -0.0800. The van der Waals surface area contributed by atoms with Gasteiger partial charge in [-0.1, -0.05) is 34.6 Å². The van der Waals surface area contributed by atoms with Crippen LogP contribution in [0, 0.1) is 22.7 Å². The number of hydrogen-bond donors (Lipinski definition) is 2. The van der Waals surface area contributed by atoms with E-state index >= 15 is 0 Å². The van der Waals surface area contributed by atoms with Crippen molar-refractivity contribution >= 4 is 0 Å². The number of nitrogens with two attached hydrogens (primary N) is 1. The molecule has 0 aromatic carbocycles. The Morgan fingerprint density at radius 2 is 1.48 bits per heavy atom. The molecule has 2 fully saturated rings. The van der Waals surface area contributed by atoms with Crippen LogP contribution in [0.15, 0.2) is 0 Å². The molecule has 2 aliphatic rings. The molecule has 0 amide bonds. The zero-order valence-corrected chi connectivity index (χ0v) is 15.3. The van der Waals surface area contributed by atoms with Gasteiger partial charge in [0.2, 0.25) is 0 Å². The smallest absolute Gasteiger partial charge is 0.0182 e. The topological polar surface area (TPSA) is 38.0 Å². The quantitative estimate of drug-likeness (QED) is 0.813. The number of rotatable bonds is 3. The Morgan fingerprint density at radius 3 is 2.05 bits per heavy atom. The molecule has 0 aliphatic heterocycles. The van der Waals surface area contributed by atoms with Crippen LogP contribution in [0.4, 0.5) is 0 Å². The molecule has 0 radical (unpaired) electrons. The summed E-state index contributed by atoms with van der Waals surface area (Å²) in [7, 11) is 0. The minimum Gasteiger partial charge on any atom is -0.328 e. The Balaban J connectivity index is 1.96. The van der Waals surface area contributed by atoms with Crippen molar-refractivity contribution in [2.24, 2.45) is 28.4 Å². The minimum absolute atomic E-state index is 0.303. The summed E-state index contributed by atoms with van der Waals surface area (Å²) in [6.45, 7) is 15.9. The van der Waals surface area contributed by atoms with Gasteiger partial charge in [0.15, 0.2) is 0 Å². The van der Waals surface area contributed by atoms with Gasteiger partial charge < -0.3 is 11.1 Å². The lowest BCUT2D eigenvalue weighted by atomic mass is 9.58. The molecule has 0 bridgehead atoms. The van der Waals surface area contributed by atoms with Gasteiger partial charge in [-0.3, -0.25) is 0 Å². The summed E-state index contributed by atoms with van der Waals surface area (Å²) in [5.41, 5.74) is 7.31. The zero-order chi connectivity index (χ0) is 15.9. The van der Waals surface area contributed by atoms with Crippen molar-refractivity contribution in [2.45, 2.75) is 91.6 Å². The highest BCUT2D eigenvalue weighted by Crippen LogP contribution is 2.48. The van der Waals surface area contributed by atoms with Crippen LogP contribution in [-0.2, 0) is 0 Å². The van der Waals surface area contributed by atoms with Crippen molar-refractivity contribution in [3.63, 3.8) is 0 Å². The van der Waals surface area contributed by atoms with Crippen molar-refractivity contribution in [3.8, 4) is 0 Å². The molecule has 2 nitrogen and oxygen atoms in total. The predicted molar refractivity (Wildman–Crippen MR) is 92.3 cm³/mol. The van der Waals surface area contributed by atoms with E-state index in [0.29, 0.717) is 22.4 Å². The van der Waals surface area contributed by atoms with E-state index in [9.17, 15) is 0 Å². The third kappa shape index (κ3) is 3.64. The van der Waals surface area contributed by atoms with Gasteiger partial charge in [-0.25, -0.2) is 0 Å². The van der Waals surface area contributed by atoms with Crippen LogP contribution in [0.3, 0.4) is 0 Å². The highest BCUT2D eigenvalue weighted by atomic mass is 15.0. The molecule has 3 N–H and O–H groups in total. The normalized spacial score (nSPS) is 47.3. The molecule has 0 aromatic heterocycles. The molecular formula is C19H38N2. The van der Waals surface area contributed by atoms with Crippen molar-refractivity contribution in [2.75, 3.05) is 6.54 Å². The van der Waals surface area contributed by atoms with Gasteiger partial charge in [0.25, 0.3) is 0 Å². The van der Waals surface area contributed by atoms with Crippen LogP contribution in [0.1, 0.15) is 80.1 Å². The highest BCUT2D eigenvalue weighted by molar-refractivity contribution is 5.01. The van der Waals surface area contributed by atoms with Crippen molar-refractivity contribution in [1.29, 1.82) is 0 Å². The Bertz CT molecular complexity index is 355. The van der Waals surface area contributed by atoms with Gasteiger partial charge >= 0.3 is 0 Å². The van der Waals surface area contributed by atoms with E-state index in [1.54, 1.807) is 0 Å². The fourth-order valence-corrected chi connectivity index (χ4v) is 4.44. The minimum atomic E-state index is 0.303. The predicted octanol–water partition coefficient (Wildman–Crippen LogP) is 4.33. The van der Waals surface area contributed by atoms with E-state index in [4.69, 9.17) is 5.73 Å². The second kappa shape index (κ2) is 5.85. The van der Waals surface area contributed by atoms with Gasteiger partial charge in [0, 0.05) is 18.1 Å². The first-order valence-corrected chi connectivity index (χ1v) is 9.09. The molecule has 0 heterocycles. The maximum atomic E-state index is 6.07. The SMILES string of the molecule is CC1[C@H](C)[C@](C)(NCC2(C)CCC(N)CC2)CCC1(C)C. The van der Waals surface area contributed by atoms with E-state index in [1.165, 1.54) is 38.5 Å². The van der Waals surface area contributed by atoms with Gasteiger partial charge in [-0.2, -0.15) is 0 Å². The summed E-state index contributed by atoms with van der Waals surface area (Å²) in [6, 6.07) is 0.447. The van der Waals surface area contributed by atoms with Crippen molar-refractivity contribution in [1.82, 2.24) is 5.32 Å². The molecular weight excluding hydrogens is 256 g/mol. The highest BCUT2D eigenvalue weighted by Gasteiger charge is 2.46. The van der Waals surface area contributed by atoms with Crippen molar-refractivity contribution in [3.05, 3.63) is 0 Å². The molecule has 2 heteroatoms. The Labute approximate surface area is 132 Å². The van der Waals surface area contributed by atoms with Crippen LogP contribution in [0.25, 0.3) is 0 Å². The largest absolute Gasteiger partial charge is 0.328 e. The molecule has 2 rings (SSSR count). The lowest BCUT2D eigenvalue weighted by Crippen LogP contribution is -2.58. The first kappa shape index (κ1) is 17.3. The fourth-order valence-electron chi connectivity index (χ4n) is 4.44. The first-order chi connectivity index (χ1) is 9.58. The third-order valence-electron chi connectivity index (χ3n) is 7.43. The maximum absolute atomic E-state index is 6.07. The van der Waals surface area contributed by atoms with E-state index < -0.39 is 0 Å². The van der Waals surface area contributed by atoms with Crippen LogP contribution in [-0.4, -0.2) is 18.1 Å². The van der Waals surface area contributed by atoms with E-state index in [-0.39, 0.29) is 0 Å². The van der Waals surface area contributed by atoms with Crippen molar-refractivity contribution < 1.29 is 0 Å². The summed E-state index contributed by atoms with van der Waals surface area (Å²) in [5, 5.41) is 4.00. The van der Waals surface area contributed by atoms with Gasteiger partial charge in [0.1, 0.15) is 0 Å². The zero-order valence-electron chi connectivity index (χ0n) is 15.3. The first-order valence-electron chi connectivity index (χ1n) is 9.09. The molecule has 0 spiro atoms. The van der Waals surface area contributed by atoms with Gasteiger partial charge in [-0.05, 0) is 68.1 Å². The number of hydrogen-bond acceptors (Lipinski definition) is 2. The molecule has 3 atom stereocenters. The second-order valence-corrected chi connectivity index (χ2v) is 9.49. The monoisotopic (exact) mass is 294 g/mol. The van der Waals surface area contributed by atoms with E-state index in [2.05, 4.69) is 46.9 Å². The lowest BCUT2D eigenvalue weighted by molar-refractivity contribution is 0.0125. The molecule has 2 aliphatic carbocycles. The second-order valence-electron chi connectivity index (χ2n) is 9.49. The summed E-state index contributed by atoms with van der Waals surface area (Å²) in [6.07, 6.45) is 7.62. The summed E-state index contributed by atoms with van der Waals surface area (Å²) >= 11 is 0. The van der Waals surface area contributed by atoms with Crippen LogP contribution < -0.4 is 11.1 Å². The molecule has 1 unspecified atom stereocenters. The summed E-state index contributed by atoms with van der Waals surface area (Å²) < 4.78 is 0. The fraction of sp³-hybridized carbons (Fsp3) is 1.00. The lowest BCUT2D eigenvalue weighted by Gasteiger charge is -2.53.